The van der Waals surface area contributed by atoms with Gasteiger partial charge in [0.25, 0.3) is 0 Å². The van der Waals surface area contributed by atoms with Crippen LogP contribution in [0.1, 0.15) is 17.4 Å². The zero-order valence-electron chi connectivity index (χ0n) is 13.3. The maximum absolute atomic E-state index is 12.4. The van der Waals surface area contributed by atoms with Gasteiger partial charge in [-0.1, -0.05) is 48.2 Å². The van der Waals surface area contributed by atoms with Crippen molar-refractivity contribution in [2.75, 3.05) is 5.75 Å². The molecule has 0 aliphatic rings. The fourth-order valence-corrected chi connectivity index (χ4v) is 3.04. The van der Waals surface area contributed by atoms with Crippen molar-refractivity contribution < 1.29 is 4.79 Å². The Morgan fingerprint density at radius 2 is 1.92 bits per heavy atom. The van der Waals surface area contributed by atoms with Crippen LogP contribution in [0.2, 0.25) is 0 Å². The average Bonchev–Trinajstić information content (AvgIpc) is 3.05. The molecule has 0 spiro atoms. The predicted octanol–water partition coefficient (Wildman–Crippen LogP) is 2.81. The van der Waals surface area contributed by atoms with Gasteiger partial charge in [-0.15, -0.1) is 0 Å². The Morgan fingerprint density at radius 1 is 1.12 bits per heavy atom. The SMILES string of the molecule is Cn1ccnc1C(NC(=O)CSc1ccccn1)c1ccccc1. The number of aryl methyl sites for hydroxylation is 1. The minimum absolute atomic E-state index is 0.0532. The molecule has 3 rings (SSSR count). The normalized spacial score (nSPS) is 11.9. The molecule has 0 aliphatic carbocycles. The van der Waals surface area contributed by atoms with Crippen LogP contribution in [0.3, 0.4) is 0 Å². The largest absolute Gasteiger partial charge is 0.341 e. The molecule has 2 aromatic heterocycles. The maximum Gasteiger partial charge on any atom is 0.231 e. The summed E-state index contributed by atoms with van der Waals surface area (Å²) in [5.74, 6) is 1.06. The quantitative estimate of drug-likeness (QED) is 0.702. The minimum atomic E-state index is -0.275. The van der Waals surface area contributed by atoms with E-state index < -0.39 is 0 Å². The first kappa shape index (κ1) is 16.3. The number of pyridine rings is 1. The number of hydrogen-bond donors (Lipinski definition) is 1. The lowest BCUT2D eigenvalue weighted by Crippen LogP contribution is -2.32. The number of aromatic nitrogens is 3. The molecule has 2 heterocycles. The fraction of sp³-hybridized carbons (Fsp3) is 0.167. The summed E-state index contributed by atoms with van der Waals surface area (Å²) in [6, 6.07) is 15.2. The van der Waals surface area contributed by atoms with Gasteiger partial charge in [0, 0.05) is 25.6 Å². The van der Waals surface area contributed by atoms with E-state index in [4.69, 9.17) is 0 Å². The van der Waals surface area contributed by atoms with Crippen LogP contribution >= 0.6 is 11.8 Å². The van der Waals surface area contributed by atoms with Gasteiger partial charge < -0.3 is 9.88 Å². The second kappa shape index (κ2) is 7.79. The number of nitrogens with zero attached hydrogens (tertiary/aromatic N) is 3. The van der Waals surface area contributed by atoms with Crippen molar-refractivity contribution in [1.82, 2.24) is 19.9 Å². The lowest BCUT2D eigenvalue weighted by molar-refractivity contribution is -0.119. The zero-order chi connectivity index (χ0) is 16.8. The van der Waals surface area contributed by atoms with E-state index in [9.17, 15) is 4.79 Å². The Morgan fingerprint density at radius 3 is 2.58 bits per heavy atom. The standard InChI is InChI=1S/C18H18N4OS/c1-22-12-11-20-18(22)17(14-7-3-2-4-8-14)21-15(23)13-24-16-9-5-6-10-19-16/h2-12,17H,13H2,1H3,(H,21,23). The summed E-state index contributed by atoms with van der Waals surface area (Å²) in [7, 11) is 1.92. The molecule has 24 heavy (non-hydrogen) atoms. The number of imidazole rings is 1. The van der Waals surface area contributed by atoms with Gasteiger partial charge in [-0.05, 0) is 17.7 Å². The summed E-state index contributed by atoms with van der Waals surface area (Å²) in [5.41, 5.74) is 1.00. The first-order chi connectivity index (χ1) is 11.7. The number of carbonyl (C=O) groups is 1. The van der Waals surface area contributed by atoms with Crippen LogP contribution in [0.4, 0.5) is 0 Å². The molecule has 6 heteroatoms. The molecule has 122 valence electrons. The van der Waals surface area contributed by atoms with Gasteiger partial charge in [-0.2, -0.15) is 0 Å². The third-order valence-electron chi connectivity index (χ3n) is 3.54. The molecule has 1 atom stereocenters. The predicted molar refractivity (Wildman–Crippen MR) is 94.6 cm³/mol. The molecule has 1 amide bonds. The first-order valence-electron chi connectivity index (χ1n) is 7.59. The highest BCUT2D eigenvalue weighted by molar-refractivity contribution is 7.99. The fourth-order valence-electron chi connectivity index (χ4n) is 2.37. The molecule has 0 bridgehead atoms. The molecule has 1 N–H and O–H groups in total. The second-order valence-corrected chi connectivity index (χ2v) is 6.26. The van der Waals surface area contributed by atoms with Crippen molar-refractivity contribution in [3.05, 3.63) is 78.5 Å². The van der Waals surface area contributed by atoms with Gasteiger partial charge in [0.15, 0.2) is 0 Å². The molecule has 5 nitrogen and oxygen atoms in total. The monoisotopic (exact) mass is 338 g/mol. The Bertz CT molecular complexity index is 789. The molecule has 0 radical (unpaired) electrons. The summed E-state index contributed by atoms with van der Waals surface area (Å²) < 4.78 is 1.92. The van der Waals surface area contributed by atoms with E-state index >= 15 is 0 Å². The van der Waals surface area contributed by atoms with E-state index in [1.807, 2.05) is 66.3 Å². The third kappa shape index (κ3) is 4.02. The van der Waals surface area contributed by atoms with Crippen molar-refractivity contribution in [1.29, 1.82) is 0 Å². The molecule has 1 aromatic carbocycles. The minimum Gasteiger partial charge on any atom is -0.341 e. The van der Waals surface area contributed by atoms with E-state index in [0.717, 1.165) is 16.4 Å². The lowest BCUT2D eigenvalue weighted by Gasteiger charge is -2.19. The van der Waals surface area contributed by atoms with Crippen molar-refractivity contribution in [3.63, 3.8) is 0 Å². The summed E-state index contributed by atoms with van der Waals surface area (Å²) >= 11 is 1.42. The Labute approximate surface area is 145 Å². The molecular weight excluding hydrogens is 320 g/mol. The number of nitrogens with one attached hydrogen (secondary N) is 1. The van der Waals surface area contributed by atoms with Gasteiger partial charge in [-0.3, -0.25) is 4.79 Å². The highest BCUT2D eigenvalue weighted by Crippen LogP contribution is 2.21. The van der Waals surface area contributed by atoms with Crippen LogP contribution in [0.5, 0.6) is 0 Å². The second-order valence-electron chi connectivity index (χ2n) is 5.26. The number of hydrogen-bond acceptors (Lipinski definition) is 4. The van der Waals surface area contributed by atoms with Gasteiger partial charge in [0.2, 0.25) is 5.91 Å². The van der Waals surface area contributed by atoms with Crippen LogP contribution in [0.25, 0.3) is 0 Å². The molecule has 0 saturated heterocycles. The van der Waals surface area contributed by atoms with Crippen LogP contribution in [-0.2, 0) is 11.8 Å². The zero-order valence-corrected chi connectivity index (χ0v) is 14.1. The number of thioether (sulfide) groups is 1. The van der Waals surface area contributed by atoms with Gasteiger partial charge in [0.05, 0.1) is 10.8 Å². The maximum atomic E-state index is 12.4. The van der Waals surface area contributed by atoms with Gasteiger partial charge in [0.1, 0.15) is 11.9 Å². The number of amides is 1. The van der Waals surface area contributed by atoms with E-state index in [1.165, 1.54) is 11.8 Å². The van der Waals surface area contributed by atoms with Gasteiger partial charge >= 0.3 is 0 Å². The smallest absolute Gasteiger partial charge is 0.231 e. The molecular formula is C18H18N4OS. The van der Waals surface area contributed by atoms with Crippen molar-refractivity contribution >= 4 is 17.7 Å². The highest BCUT2D eigenvalue weighted by Gasteiger charge is 2.20. The van der Waals surface area contributed by atoms with Crippen molar-refractivity contribution in [2.45, 2.75) is 11.1 Å². The Hall–Kier alpha value is -2.60. The lowest BCUT2D eigenvalue weighted by atomic mass is 10.1. The van der Waals surface area contributed by atoms with Gasteiger partial charge in [-0.25, -0.2) is 9.97 Å². The van der Waals surface area contributed by atoms with Crippen LogP contribution in [0.15, 0.2) is 72.1 Å². The summed E-state index contributed by atoms with van der Waals surface area (Å²) in [6.45, 7) is 0. The van der Waals surface area contributed by atoms with Crippen LogP contribution < -0.4 is 5.32 Å². The molecule has 0 aliphatic heterocycles. The summed E-state index contributed by atoms with van der Waals surface area (Å²) in [4.78, 5) is 21.0. The third-order valence-corrected chi connectivity index (χ3v) is 4.49. The molecule has 3 aromatic rings. The van der Waals surface area contributed by atoms with Crippen molar-refractivity contribution in [3.8, 4) is 0 Å². The van der Waals surface area contributed by atoms with Crippen LogP contribution in [-0.4, -0.2) is 26.2 Å². The van der Waals surface area contributed by atoms with Crippen LogP contribution in [0, 0.1) is 0 Å². The Balaban J connectivity index is 1.72. The molecule has 0 saturated carbocycles. The van der Waals surface area contributed by atoms with E-state index in [0.29, 0.717) is 5.75 Å². The average molecular weight is 338 g/mol. The van der Waals surface area contributed by atoms with E-state index in [2.05, 4.69) is 15.3 Å². The van der Waals surface area contributed by atoms with Crippen molar-refractivity contribution in [2.24, 2.45) is 7.05 Å². The number of rotatable bonds is 6. The number of carbonyl (C=O) groups excluding carboxylic acids is 1. The van der Waals surface area contributed by atoms with E-state index in [-0.39, 0.29) is 11.9 Å². The number of benzene rings is 1. The first-order valence-corrected chi connectivity index (χ1v) is 8.58. The highest BCUT2D eigenvalue weighted by atomic mass is 32.2. The Kier molecular flexibility index (Phi) is 5.28. The molecule has 0 fully saturated rings. The van der Waals surface area contributed by atoms with E-state index in [1.54, 1.807) is 12.4 Å². The molecule has 1 unspecified atom stereocenters. The topological polar surface area (TPSA) is 59.8 Å². The summed E-state index contributed by atoms with van der Waals surface area (Å²) in [6.07, 6.45) is 5.33. The summed E-state index contributed by atoms with van der Waals surface area (Å²) in [5, 5.41) is 3.91.